The molecule has 0 aliphatic carbocycles. The van der Waals surface area contributed by atoms with Crippen LogP contribution in [0.4, 0.5) is 5.69 Å². The highest BCUT2D eigenvalue weighted by Crippen LogP contribution is 2.15. The molecule has 3 N–H and O–H groups in total. The van der Waals surface area contributed by atoms with Gasteiger partial charge in [0.1, 0.15) is 18.4 Å². The van der Waals surface area contributed by atoms with Crippen molar-refractivity contribution in [2.24, 2.45) is 10.7 Å². The van der Waals surface area contributed by atoms with Crippen molar-refractivity contribution in [1.82, 2.24) is 14.8 Å². The Labute approximate surface area is 163 Å². The molecule has 1 aromatic heterocycles. The molecule has 0 unspecified atom stereocenters. The summed E-state index contributed by atoms with van der Waals surface area (Å²) < 4.78 is 6.82. The first-order valence-electron chi connectivity index (χ1n) is 7.39. The first-order chi connectivity index (χ1) is 11.7. The number of benzene rings is 2. The summed E-state index contributed by atoms with van der Waals surface area (Å²) in [6.45, 7) is 0.493. The van der Waals surface area contributed by atoms with Crippen LogP contribution < -0.4 is 15.8 Å². The van der Waals surface area contributed by atoms with Gasteiger partial charge in [-0.1, -0.05) is 12.1 Å². The lowest BCUT2D eigenvalue weighted by atomic mass is 10.2. The summed E-state index contributed by atoms with van der Waals surface area (Å²) in [5.41, 5.74) is 8.78. The van der Waals surface area contributed by atoms with Crippen LogP contribution in [0.15, 0.2) is 66.2 Å². The number of nitrogens with two attached hydrogens (primary N) is 1. The molecule has 130 valence electrons. The Morgan fingerprint density at radius 1 is 1.16 bits per heavy atom. The predicted molar refractivity (Wildman–Crippen MR) is 109 cm³/mol. The van der Waals surface area contributed by atoms with Crippen LogP contribution in [0.1, 0.15) is 5.56 Å². The lowest BCUT2D eigenvalue weighted by Crippen LogP contribution is -2.22. The molecule has 8 heteroatoms. The lowest BCUT2D eigenvalue weighted by Gasteiger charge is -2.07. The molecule has 7 nitrogen and oxygen atoms in total. The van der Waals surface area contributed by atoms with E-state index < -0.39 is 0 Å². The van der Waals surface area contributed by atoms with E-state index in [9.17, 15) is 0 Å². The van der Waals surface area contributed by atoms with E-state index in [0.717, 1.165) is 22.7 Å². The van der Waals surface area contributed by atoms with Crippen molar-refractivity contribution in [1.29, 1.82) is 0 Å². The first-order valence-corrected chi connectivity index (χ1v) is 7.39. The van der Waals surface area contributed by atoms with E-state index in [1.807, 2.05) is 48.5 Å². The molecule has 0 aliphatic rings. The van der Waals surface area contributed by atoms with E-state index in [1.54, 1.807) is 18.1 Å². The van der Waals surface area contributed by atoms with Crippen LogP contribution in [0.2, 0.25) is 0 Å². The van der Waals surface area contributed by atoms with Crippen LogP contribution in [-0.2, 0) is 6.54 Å². The van der Waals surface area contributed by atoms with Gasteiger partial charge in [0, 0.05) is 5.69 Å². The average Bonchev–Trinajstić information content (AvgIpc) is 3.16. The molecule has 0 atom stereocenters. The molecule has 0 aliphatic heterocycles. The number of anilines is 1. The van der Waals surface area contributed by atoms with Gasteiger partial charge in [-0.15, -0.1) is 24.0 Å². The molecule has 0 bridgehead atoms. The highest BCUT2D eigenvalue weighted by Gasteiger charge is 1.99. The summed E-state index contributed by atoms with van der Waals surface area (Å²) in [6.07, 6.45) is 3.16. The largest absolute Gasteiger partial charge is 0.497 e. The van der Waals surface area contributed by atoms with E-state index in [2.05, 4.69) is 20.4 Å². The molecular formula is C17H19IN6O. The van der Waals surface area contributed by atoms with Gasteiger partial charge < -0.3 is 15.8 Å². The van der Waals surface area contributed by atoms with Gasteiger partial charge in [-0.3, -0.25) is 0 Å². The highest BCUT2D eigenvalue weighted by molar-refractivity contribution is 14.0. The number of ether oxygens (including phenoxy) is 1. The zero-order valence-corrected chi connectivity index (χ0v) is 16.0. The van der Waals surface area contributed by atoms with Gasteiger partial charge in [0.05, 0.1) is 19.3 Å². The summed E-state index contributed by atoms with van der Waals surface area (Å²) in [5.74, 6) is 1.16. The molecule has 0 saturated heterocycles. The maximum atomic E-state index is 5.92. The van der Waals surface area contributed by atoms with Crippen molar-refractivity contribution in [3.05, 3.63) is 66.7 Å². The van der Waals surface area contributed by atoms with Crippen LogP contribution in [0.3, 0.4) is 0 Å². The van der Waals surface area contributed by atoms with Crippen LogP contribution in [0.5, 0.6) is 5.75 Å². The SMILES string of the molecule is COc1ccc(NC(N)=NCc2ccc(-n3cncn3)cc2)cc1.I. The van der Waals surface area contributed by atoms with Crippen molar-refractivity contribution >= 4 is 35.6 Å². The minimum atomic E-state index is 0. The number of rotatable bonds is 5. The maximum Gasteiger partial charge on any atom is 0.193 e. The minimum Gasteiger partial charge on any atom is -0.497 e. The van der Waals surface area contributed by atoms with E-state index in [4.69, 9.17) is 10.5 Å². The number of nitrogens with one attached hydrogen (secondary N) is 1. The molecule has 3 rings (SSSR count). The van der Waals surface area contributed by atoms with E-state index in [0.29, 0.717) is 12.5 Å². The monoisotopic (exact) mass is 450 g/mol. The molecule has 25 heavy (non-hydrogen) atoms. The first kappa shape index (κ1) is 18.7. The normalized spacial score (nSPS) is 10.8. The van der Waals surface area contributed by atoms with Gasteiger partial charge in [-0.2, -0.15) is 5.10 Å². The van der Waals surface area contributed by atoms with E-state index in [-0.39, 0.29) is 24.0 Å². The maximum absolute atomic E-state index is 5.92. The van der Waals surface area contributed by atoms with Crippen molar-refractivity contribution in [3.8, 4) is 11.4 Å². The van der Waals surface area contributed by atoms with Crippen LogP contribution in [0, 0.1) is 0 Å². The second kappa shape index (κ2) is 9.02. The predicted octanol–water partition coefficient (Wildman–Crippen LogP) is 2.82. The third-order valence-corrected chi connectivity index (χ3v) is 3.41. The number of nitrogens with zero attached hydrogens (tertiary/aromatic N) is 4. The topological polar surface area (TPSA) is 90.3 Å². The van der Waals surface area contributed by atoms with E-state index in [1.165, 1.54) is 6.33 Å². The Hall–Kier alpha value is -2.62. The third kappa shape index (κ3) is 5.18. The smallest absolute Gasteiger partial charge is 0.193 e. The second-order valence-electron chi connectivity index (χ2n) is 5.06. The van der Waals surface area contributed by atoms with Crippen molar-refractivity contribution in [3.63, 3.8) is 0 Å². The van der Waals surface area contributed by atoms with Gasteiger partial charge in [0.25, 0.3) is 0 Å². The van der Waals surface area contributed by atoms with Crippen LogP contribution in [-0.4, -0.2) is 27.8 Å². The summed E-state index contributed by atoms with van der Waals surface area (Å²) >= 11 is 0. The van der Waals surface area contributed by atoms with Gasteiger partial charge in [-0.25, -0.2) is 14.7 Å². The number of methoxy groups -OCH3 is 1. The fourth-order valence-electron chi connectivity index (χ4n) is 2.13. The average molecular weight is 450 g/mol. The van der Waals surface area contributed by atoms with Gasteiger partial charge in [0.2, 0.25) is 0 Å². The Morgan fingerprint density at radius 3 is 2.48 bits per heavy atom. The molecule has 0 saturated carbocycles. The molecule has 1 heterocycles. The fourth-order valence-corrected chi connectivity index (χ4v) is 2.13. The number of halogens is 1. The zero-order valence-electron chi connectivity index (χ0n) is 13.7. The Morgan fingerprint density at radius 2 is 1.88 bits per heavy atom. The summed E-state index contributed by atoms with van der Waals surface area (Å²) in [5, 5.41) is 7.14. The van der Waals surface area contributed by atoms with E-state index >= 15 is 0 Å². The molecule has 0 fully saturated rings. The molecule has 0 amide bonds. The minimum absolute atomic E-state index is 0. The van der Waals surface area contributed by atoms with Crippen LogP contribution >= 0.6 is 24.0 Å². The number of hydrogen-bond acceptors (Lipinski definition) is 4. The van der Waals surface area contributed by atoms with Crippen molar-refractivity contribution in [2.75, 3.05) is 12.4 Å². The molecular weight excluding hydrogens is 431 g/mol. The van der Waals surface area contributed by atoms with Gasteiger partial charge in [0.15, 0.2) is 5.96 Å². The van der Waals surface area contributed by atoms with Crippen molar-refractivity contribution < 1.29 is 4.74 Å². The second-order valence-corrected chi connectivity index (χ2v) is 5.06. The number of aliphatic imine (C=N–C) groups is 1. The fraction of sp³-hybridized carbons (Fsp3) is 0.118. The summed E-state index contributed by atoms with van der Waals surface area (Å²) in [7, 11) is 1.63. The summed E-state index contributed by atoms with van der Waals surface area (Å²) in [4.78, 5) is 8.27. The Kier molecular flexibility index (Phi) is 6.75. The number of aromatic nitrogens is 3. The molecule has 0 radical (unpaired) electrons. The van der Waals surface area contributed by atoms with Crippen molar-refractivity contribution in [2.45, 2.75) is 6.54 Å². The summed E-state index contributed by atoms with van der Waals surface area (Å²) in [6, 6.07) is 15.4. The van der Waals surface area contributed by atoms with Gasteiger partial charge >= 0.3 is 0 Å². The lowest BCUT2D eigenvalue weighted by molar-refractivity contribution is 0.415. The highest BCUT2D eigenvalue weighted by atomic mass is 127. The Bertz CT molecular complexity index is 800. The molecule has 3 aromatic rings. The Balaban J connectivity index is 0.00000225. The molecule has 2 aromatic carbocycles. The quantitative estimate of drug-likeness (QED) is 0.355. The number of hydrogen-bond donors (Lipinski definition) is 2. The van der Waals surface area contributed by atoms with Crippen LogP contribution in [0.25, 0.3) is 5.69 Å². The zero-order chi connectivity index (χ0) is 16.8. The third-order valence-electron chi connectivity index (χ3n) is 3.41. The number of guanidine groups is 1. The standard InChI is InChI=1S/C17H18N6O.HI/c1-24-16-8-4-14(5-9-16)22-17(18)20-10-13-2-6-15(7-3-13)23-12-19-11-21-23;/h2-9,11-12H,10H2,1H3,(H3,18,20,22);1H. The molecule has 0 spiro atoms. The van der Waals surface area contributed by atoms with Gasteiger partial charge in [-0.05, 0) is 42.0 Å².